The van der Waals surface area contributed by atoms with Gasteiger partial charge in [-0.05, 0) is 36.3 Å². The molecule has 0 unspecified atom stereocenters. The van der Waals surface area contributed by atoms with Crippen molar-refractivity contribution in [3.05, 3.63) is 35.9 Å². The number of carboxylic acid groups (broad SMARTS) is 1. The molecule has 0 saturated carbocycles. The maximum absolute atomic E-state index is 12.8. The molecule has 0 aromatic heterocycles. The van der Waals surface area contributed by atoms with E-state index in [9.17, 15) is 24.3 Å². The van der Waals surface area contributed by atoms with E-state index in [0.29, 0.717) is 25.0 Å². The van der Waals surface area contributed by atoms with Crippen LogP contribution in [0.1, 0.15) is 32.3 Å². The molecule has 0 heterocycles. The van der Waals surface area contributed by atoms with Gasteiger partial charge in [-0.3, -0.25) is 14.4 Å². The monoisotopic (exact) mass is 437 g/mol. The van der Waals surface area contributed by atoms with E-state index in [4.69, 9.17) is 0 Å². The van der Waals surface area contributed by atoms with Crippen molar-refractivity contribution in [2.24, 2.45) is 5.92 Å². The molecule has 0 spiro atoms. The van der Waals surface area contributed by atoms with Gasteiger partial charge in [0, 0.05) is 6.42 Å². The third kappa shape index (κ3) is 9.30. The average Bonchev–Trinajstić information content (AvgIpc) is 2.70. The van der Waals surface area contributed by atoms with Crippen LogP contribution in [-0.4, -0.2) is 59.4 Å². The fourth-order valence-corrected chi connectivity index (χ4v) is 3.38. The predicted molar refractivity (Wildman–Crippen MR) is 117 cm³/mol. The summed E-state index contributed by atoms with van der Waals surface area (Å²) in [6.07, 6.45) is 3.25. The lowest BCUT2D eigenvalue weighted by molar-refractivity contribution is -0.142. The minimum atomic E-state index is -1.15. The Kier molecular flexibility index (Phi) is 11.6. The third-order valence-corrected chi connectivity index (χ3v) is 5.08. The van der Waals surface area contributed by atoms with Gasteiger partial charge in [0.1, 0.15) is 18.1 Å². The van der Waals surface area contributed by atoms with Gasteiger partial charge < -0.3 is 21.1 Å². The van der Waals surface area contributed by atoms with Crippen LogP contribution < -0.4 is 16.0 Å². The van der Waals surface area contributed by atoms with Crippen LogP contribution in [0.5, 0.6) is 0 Å². The summed E-state index contributed by atoms with van der Waals surface area (Å²) in [6, 6.07) is 6.23. The highest BCUT2D eigenvalue weighted by atomic mass is 32.2. The maximum atomic E-state index is 12.8. The van der Waals surface area contributed by atoms with Crippen molar-refractivity contribution in [1.29, 1.82) is 0 Å². The van der Waals surface area contributed by atoms with Crippen LogP contribution in [-0.2, 0) is 25.6 Å². The van der Waals surface area contributed by atoms with Crippen molar-refractivity contribution in [1.82, 2.24) is 16.0 Å². The van der Waals surface area contributed by atoms with Crippen LogP contribution in [0, 0.1) is 5.92 Å². The number of amides is 3. The van der Waals surface area contributed by atoms with Gasteiger partial charge in [-0.2, -0.15) is 11.8 Å². The molecule has 0 aliphatic rings. The van der Waals surface area contributed by atoms with Crippen LogP contribution >= 0.6 is 11.8 Å². The van der Waals surface area contributed by atoms with Crippen molar-refractivity contribution in [3.8, 4) is 0 Å². The first-order chi connectivity index (χ1) is 14.3. The number of hydrogen-bond acceptors (Lipinski definition) is 5. The zero-order valence-corrected chi connectivity index (χ0v) is 18.4. The molecule has 1 aromatic carbocycles. The number of benzene rings is 1. The van der Waals surface area contributed by atoms with E-state index < -0.39 is 35.9 Å². The summed E-state index contributed by atoms with van der Waals surface area (Å²) >= 11 is 1.54. The number of aliphatic carboxylic acids is 1. The van der Waals surface area contributed by atoms with E-state index in [1.54, 1.807) is 36.0 Å². The van der Waals surface area contributed by atoms with Crippen molar-refractivity contribution < 1.29 is 24.3 Å². The molecule has 8 nitrogen and oxygen atoms in total. The minimum Gasteiger partial charge on any atom is -0.480 e. The molecule has 3 atom stereocenters. The molecule has 3 amide bonds. The van der Waals surface area contributed by atoms with Gasteiger partial charge in [-0.1, -0.05) is 44.2 Å². The Morgan fingerprint density at radius 3 is 2.17 bits per heavy atom. The first kappa shape index (κ1) is 25.5. The lowest BCUT2D eigenvalue weighted by Crippen LogP contribution is -2.55. The number of carbonyl (C=O) groups is 4. The first-order valence-corrected chi connectivity index (χ1v) is 11.2. The molecule has 0 fully saturated rings. The summed E-state index contributed by atoms with van der Waals surface area (Å²) in [7, 11) is 0. The molecule has 0 aliphatic carbocycles. The van der Waals surface area contributed by atoms with E-state index in [0.717, 1.165) is 5.56 Å². The van der Waals surface area contributed by atoms with E-state index in [-0.39, 0.29) is 12.3 Å². The molecule has 30 heavy (non-hydrogen) atoms. The van der Waals surface area contributed by atoms with Gasteiger partial charge in [-0.15, -0.1) is 0 Å². The number of nitrogens with one attached hydrogen (secondary N) is 3. The highest BCUT2D eigenvalue weighted by molar-refractivity contribution is 7.98. The quantitative estimate of drug-likeness (QED) is 0.324. The summed E-state index contributed by atoms with van der Waals surface area (Å²) in [5.74, 6) is -1.43. The van der Waals surface area contributed by atoms with Crippen molar-refractivity contribution in [2.45, 2.75) is 51.2 Å². The molecule has 9 heteroatoms. The van der Waals surface area contributed by atoms with Gasteiger partial charge in [-0.25, -0.2) is 4.79 Å². The summed E-state index contributed by atoms with van der Waals surface area (Å²) in [6.45, 7) is 3.81. The van der Waals surface area contributed by atoms with Crippen LogP contribution in [0.3, 0.4) is 0 Å². The standard InChI is InChI=1S/C21H31N3O5S/c1-14(2)11-17(23-19(26)16(22-13-25)9-10-30-3)20(27)24-18(21(28)29)12-15-7-5-4-6-8-15/h4-8,13-14,16-18H,9-12H2,1-3H3,(H,22,25)(H,23,26)(H,24,27)(H,28,29)/t16-,17+,18-/m0/s1. The van der Waals surface area contributed by atoms with E-state index in [2.05, 4.69) is 16.0 Å². The Hall–Kier alpha value is -2.55. The molecule has 1 aromatic rings. The molecule has 1 rings (SSSR count). The fourth-order valence-electron chi connectivity index (χ4n) is 2.91. The number of hydrogen-bond donors (Lipinski definition) is 4. The summed E-state index contributed by atoms with van der Waals surface area (Å²) < 4.78 is 0. The minimum absolute atomic E-state index is 0.0853. The van der Waals surface area contributed by atoms with E-state index >= 15 is 0 Å². The highest BCUT2D eigenvalue weighted by Crippen LogP contribution is 2.09. The fraction of sp³-hybridized carbons (Fsp3) is 0.524. The number of carbonyl (C=O) groups excluding carboxylic acids is 3. The summed E-state index contributed by atoms with van der Waals surface area (Å²) in [5.41, 5.74) is 0.780. The van der Waals surface area contributed by atoms with Crippen LogP contribution in [0.2, 0.25) is 0 Å². The zero-order valence-electron chi connectivity index (χ0n) is 17.6. The highest BCUT2D eigenvalue weighted by Gasteiger charge is 2.29. The molecule has 0 saturated heterocycles. The molecule has 166 valence electrons. The number of carboxylic acids is 1. The largest absolute Gasteiger partial charge is 0.480 e. The zero-order chi connectivity index (χ0) is 22.5. The molecular formula is C21H31N3O5S. The van der Waals surface area contributed by atoms with Crippen LogP contribution in [0.25, 0.3) is 0 Å². The van der Waals surface area contributed by atoms with E-state index in [1.165, 1.54) is 0 Å². The summed E-state index contributed by atoms with van der Waals surface area (Å²) in [4.78, 5) is 47.9. The van der Waals surface area contributed by atoms with Gasteiger partial charge >= 0.3 is 5.97 Å². The normalized spacial score (nSPS) is 13.7. The SMILES string of the molecule is CSCC[C@H](NC=O)C(=O)N[C@H](CC(C)C)C(=O)N[C@@H](Cc1ccccc1)C(=O)O. The molecule has 0 aliphatic heterocycles. The average molecular weight is 438 g/mol. The van der Waals surface area contributed by atoms with Gasteiger partial charge in [0.25, 0.3) is 0 Å². The second kappa shape index (κ2) is 13.6. The van der Waals surface area contributed by atoms with Crippen molar-refractivity contribution in [3.63, 3.8) is 0 Å². The van der Waals surface area contributed by atoms with Crippen molar-refractivity contribution >= 4 is 36.0 Å². The lowest BCUT2D eigenvalue weighted by Gasteiger charge is -2.25. The Morgan fingerprint density at radius 1 is 1.03 bits per heavy atom. The Morgan fingerprint density at radius 2 is 1.63 bits per heavy atom. The van der Waals surface area contributed by atoms with Gasteiger partial charge in [0.05, 0.1) is 0 Å². The second-order valence-electron chi connectivity index (χ2n) is 7.40. The van der Waals surface area contributed by atoms with Gasteiger partial charge in [0.15, 0.2) is 0 Å². The Balaban J connectivity index is 2.88. The molecule has 0 radical (unpaired) electrons. The lowest BCUT2D eigenvalue weighted by atomic mass is 10.0. The molecule has 4 N–H and O–H groups in total. The number of thioether (sulfide) groups is 1. The third-order valence-electron chi connectivity index (χ3n) is 4.43. The topological polar surface area (TPSA) is 125 Å². The first-order valence-electron chi connectivity index (χ1n) is 9.84. The Labute approximate surface area is 181 Å². The van der Waals surface area contributed by atoms with Crippen LogP contribution in [0.4, 0.5) is 0 Å². The molecular weight excluding hydrogens is 406 g/mol. The van der Waals surface area contributed by atoms with Crippen molar-refractivity contribution in [2.75, 3.05) is 12.0 Å². The second-order valence-corrected chi connectivity index (χ2v) is 8.38. The smallest absolute Gasteiger partial charge is 0.326 e. The van der Waals surface area contributed by atoms with E-state index in [1.807, 2.05) is 26.2 Å². The van der Waals surface area contributed by atoms with Crippen LogP contribution in [0.15, 0.2) is 30.3 Å². The predicted octanol–water partition coefficient (Wildman–Crippen LogP) is 1.20. The maximum Gasteiger partial charge on any atom is 0.326 e. The summed E-state index contributed by atoms with van der Waals surface area (Å²) in [5, 5.41) is 17.2. The van der Waals surface area contributed by atoms with Gasteiger partial charge in [0.2, 0.25) is 18.2 Å². The molecule has 0 bridgehead atoms. The number of rotatable bonds is 14. The Bertz CT molecular complexity index is 699.